The van der Waals surface area contributed by atoms with Crippen LogP contribution in [0.3, 0.4) is 0 Å². The molecule has 0 saturated carbocycles. The van der Waals surface area contributed by atoms with Crippen molar-refractivity contribution in [1.82, 2.24) is 19.9 Å². The first-order valence-corrected chi connectivity index (χ1v) is 9.98. The summed E-state index contributed by atoms with van der Waals surface area (Å²) in [6.45, 7) is 6.62. The van der Waals surface area contributed by atoms with Crippen molar-refractivity contribution in [3.8, 4) is 22.6 Å². The fourth-order valence-electron chi connectivity index (χ4n) is 3.25. The number of anilines is 1. The number of benzene rings is 1. The van der Waals surface area contributed by atoms with Gasteiger partial charge in [-0.3, -0.25) is 0 Å². The molecule has 1 aromatic carbocycles. The monoisotopic (exact) mass is 425 g/mol. The Kier molecular flexibility index (Phi) is 6.08. The minimum absolute atomic E-state index is 0.200. The molecular weight excluding hydrogens is 401 g/mol. The summed E-state index contributed by atoms with van der Waals surface area (Å²) >= 11 is 0. The Morgan fingerprint density at radius 2 is 2.00 bits per heavy atom. The second kappa shape index (κ2) is 8.93. The average molecular weight is 425 g/mol. The number of H-pyrrole nitrogens is 1. The van der Waals surface area contributed by atoms with Gasteiger partial charge < -0.3 is 24.9 Å². The lowest BCUT2D eigenvalue weighted by molar-refractivity contribution is -0.308. The van der Waals surface area contributed by atoms with Crippen LogP contribution in [0.1, 0.15) is 12.7 Å². The molecule has 3 aromatic rings. The molecule has 1 aliphatic heterocycles. The first kappa shape index (κ1) is 21.1. The number of nitrogens with one attached hydrogen (secondary N) is 2. The van der Waals surface area contributed by atoms with Crippen LogP contribution in [0, 0.1) is 11.7 Å². The Balaban J connectivity index is 1.81. The van der Waals surface area contributed by atoms with Crippen LogP contribution in [0.2, 0.25) is 0 Å². The Morgan fingerprint density at radius 3 is 2.68 bits per heavy atom. The third-order valence-corrected chi connectivity index (χ3v) is 4.91. The Morgan fingerprint density at radius 1 is 1.26 bits per heavy atom. The number of hydrogen-bond acceptors (Lipinski definition) is 7. The molecule has 8 nitrogen and oxygen atoms in total. The molecular formula is C22H24FN5O3. The third kappa shape index (κ3) is 4.34. The lowest BCUT2D eigenvalue weighted by Gasteiger charge is -2.36. The highest BCUT2D eigenvalue weighted by molar-refractivity contribution is 5.77. The molecule has 162 valence electrons. The van der Waals surface area contributed by atoms with Gasteiger partial charge >= 0.3 is 0 Å². The SMILES string of the molecule is C=CCNc1nccc(-c2[nH]c(C3(CO)OCC(C)CO3)nc2-c2ccc(F)cc2)n1. The summed E-state index contributed by atoms with van der Waals surface area (Å²) in [7, 11) is 0. The first-order chi connectivity index (χ1) is 15.0. The molecule has 0 unspecified atom stereocenters. The highest BCUT2D eigenvalue weighted by atomic mass is 19.1. The number of ether oxygens (including phenoxy) is 2. The van der Waals surface area contributed by atoms with E-state index in [1.165, 1.54) is 12.1 Å². The quantitative estimate of drug-likeness (QED) is 0.500. The fourth-order valence-corrected chi connectivity index (χ4v) is 3.25. The number of aliphatic hydroxyl groups is 1. The number of aliphatic hydroxyl groups excluding tert-OH is 1. The Bertz CT molecular complexity index is 1050. The molecule has 9 heteroatoms. The molecule has 2 aromatic heterocycles. The summed E-state index contributed by atoms with van der Waals surface area (Å²) in [5, 5.41) is 13.1. The van der Waals surface area contributed by atoms with E-state index in [0.717, 1.165) is 0 Å². The predicted octanol–water partition coefficient (Wildman–Crippen LogP) is 3.10. The number of aromatic nitrogens is 4. The molecule has 0 atom stereocenters. The summed E-state index contributed by atoms with van der Waals surface area (Å²) in [6.07, 6.45) is 3.33. The minimum Gasteiger partial charge on any atom is -0.390 e. The summed E-state index contributed by atoms with van der Waals surface area (Å²) in [4.78, 5) is 16.7. The van der Waals surface area contributed by atoms with Crippen LogP contribution in [-0.2, 0) is 15.3 Å². The Hall–Kier alpha value is -3.14. The third-order valence-electron chi connectivity index (χ3n) is 4.91. The smallest absolute Gasteiger partial charge is 0.252 e. The molecule has 3 N–H and O–H groups in total. The molecule has 0 radical (unpaired) electrons. The van der Waals surface area contributed by atoms with Crippen molar-refractivity contribution in [3.05, 3.63) is 60.8 Å². The van der Waals surface area contributed by atoms with E-state index >= 15 is 0 Å². The number of hydrogen-bond donors (Lipinski definition) is 3. The van der Waals surface area contributed by atoms with Crippen molar-refractivity contribution in [2.45, 2.75) is 12.7 Å². The van der Waals surface area contributed by atoms with Gasteiger partial charge in [-0.05, 0) is 30.3 Å². The first-order valence-electron chi connectivity index (χ1n) is 9.98. The topological polar surface area (TPSA) is 105 Å². The van der Waals surface area contributed by atoms with Crippen molar-refractivity contribution >= 4 is 5.95 Å². The molecule has 31 heavy (non-hydrogen) atoms. The van der Waals surface area contributed by atoms with Gasteiger partial charge in [0, 0.05) is 24.2 Å². The van der Waals surface area contributed by atoms with Crippen molar-refractivity contribution in [1.29, 1.82) is 0 Å². The molecule has 3 heterocycles. The number of halogens is 1. The lowest BCUT2D eigenvalue weighted by Crippen LogP contribution is -2.44. The zero-order chi connectivity index (χ0) is 21.8. The van der Waals surface area contributed by atoms with Gasteiger partial charge in [-0.1, -0.05) is 13.0 Å². The van der Waals surface area contributed by atoms with Crippen LogP contribution in [0.4, 0.5) is 10.3 Å². The van der Waals surface area contributed by atoms with E-state index in [9.17, 15) is 9.50 Å². The maximum absolute atomic E-state index is 13.5. The number of rotatable bonds is 7. The fraction of sp³-hybridized carbons (Fsp3) is 0.318. The second-order valence-corrected chi connectivity index (χ2v) is 7.39. The maximum Gasteiger partial charge on any atom is 0.252 e. The summed E-state index contributed by atoms with van der Waals surface area (Å²) < 4.78 is 25.2. The average Bonchev–Trinajstić information content (AvgIpc) is 3.25. The van der Waals surface area contributed by atoms with Crippen LogP contribution in [0.5, 0.6) is 0 Å². The molecule has 1 saturated heterocycles. The maximum atomic E-state index is 13.5. The molecule has 1 aliphatic rings. The molecule has 4 rings (SSSR count). The van der Waals surface area contributed by atoms with Crippen LogP contribution in [0.25, 0.3) is 22.6 Å². The van der Waals surface area contributed by atoms with Gasteiger partial charge in [-0.15, -0.1) is 6.58 Å². The van der Waals surface area contributed by atoms with Crippen LogP contribution >= 0.6 is 0 Å². The van der Waals surface area contributed by atoms with Gasteiger partial charge in [-0.25, -0.2) is 19.3 Å². The molecule has 1 fully saturated rings. The van der Waals surface area contributed by atoms with Gasteiger partial charge in [0.15, 0.2) is 5.82 Å². The van der Waals surface area contributed by atoms with E-state index in [0.29, 0.717) is 54.2 Å². The van der Waals surface area contributed by atoms with Gasteiger partial charge in [-0.2, -0.15) is 0 Å². The number of imidazole rings is 1. The van der Waals surface area contributed by atoms with Crippen LogP contribution in [0.15, 0.2) is 49.2 Å². The van der Waals surface area contributed by atoms with E-state index in [1.54, 1.807) is 30.5 Å². The predicted molar refractivity (Wildman–Crippen MR) is 114 cm³/mol. The van der Waals surface area contributed by atoms with Gasteiger partial charge in [0.05, 0.1) is 30.3 Å². The molecule has 0 amide bonds. The Labute approximate surface area is 179 Å². The normalized spacial score (nSPS) is 21.1. The summed E-state index contributed by atoms with van der Waals surface area (Å²) in [5.41, 5.74) is 2.35. The van der Waals surface area contributed by atoms with E-state index < -0.39 is 12.4 Å². The van der Waals surface area contributed by atoms with Gasteiger partial charge in [0.25, 0.3) is 5.79 Å². The van der Waals surface area contributed by atoms with Crippen LogP contribution < -0.4 is 5.32 Å². The van der Waals surface area contributed by atoms with Crippen molar-refractivity contribution in [2.24, 2.45) is 5.92 Å². The zero-order valence-corrected chi connectivity index (χ0v) is 17.1. The molecule has 0 aliphatic carbocycles. The van der Waals surface area contributed by atoms with Crippen molar-refractivity contribution in [3.63, 3.8) is 0 Å². The highest BCUT2D eigenvalue weighted by Crippen LogP contribution is 2.36. The van der Waals surface area contributed by atoms with Gasteiger partial charge in [0.1, 0.15) is 12.4 Å². The minimum atomic E-state index is -1.41. The van der Waals surface area contributed by atoms with E-state index in [1.807, 2.05) is 6.92 Å². The number of nitrogens with zero attached hydrogens (tertiary/aromatic N) is 3. The molecule has 0 bridgehead atoms. The van der Waals surface area contributed by atoms with E-state index in [2.05, 4.69) is 31.8 Å². The standard InChI is InChI=1S/C22H24FN5O3/c1-3-9-24-21-25-10-8-17(26-21)19-18(15-4-6-16(23)7-5-15)27-20(28-19)22(13-29)30-11-14(2)12-31-22/h3-8,10,14,29H,1,9,11-13H2,2H3,(H,27,28)(H,24,25,26). The number of aromatic amines is 1. The summed E-state index contributed by atoms with van der Waals surface area (Å²) in [6, 6.07) is 7.73. The largest absolute Gasteiger partial charge is 0.390 e. The molecule has 0 spiro atoms. The van der Waals surface area contributed by atoms with Crippen LogP contribution in [-0.4, -0.2) is 51.4 Å². The summed E-state index contributed by atoms with van der Waals surface area (Å²) in [5.74, 6) is -0.814. The van der Waals surface area contributed by atoms with E-state index in [4.69, 9.17) is 9.47 Å². The lowest BCUT2D eigenvalue weighted by atomic mass is 10.1. The van der Waals surface area contributed by atoms with Crippen molar-refractivity contribution in [2.75, 3.05) is 31.7 Å². The van der Waals surface area contributed by atoms with E-state index in [-0.39, 0.29) is 11.7 Å². The second-order valence-electron chi connectivity index (χ2n) is 7.39. The zero-order valence-electron chi connectivity index (χ0n) is 17.1. The highest BCUT2D eigenvalue weighted by Gasteiger charge is 2.42. The van der Waals surface area contributed by atoms with Crippen molar-refractivity contribution < 1.29 is 19.0 Å². The van der Waals surface area contributed by atoms with Gasteiger partial charge in [0.2, 0.25) is 5.95 Å².